The molecule has 0 saturated carbocycles. The molecule has 2 aromatic carbocycles. The van der Waals surface area contributed by atoms with Crippen LogP contribution in [0.5, 0.6) is 0 Å². The van der Waals surface area contributed by atoms with E-state index in [1.807, 2.05) is 48.5 Å². The molecule has 1 fully saturated rings. The maximum absolute atomic E-state index is 13.1. The number of pyridine rings is 1. The Labute approximate surface area is 206 Å². The van der Waals surface area contributed by atoms with E-state index in [1.54, 1.807) is 23.2 Å². The minimum absolute atomic E-state index is 0.0639. The molecule has 0 spiro atoms. The van der Waals surface area contributed by atoms with Crippen molar-refractivity contribution in [1.82, 2.24) is 9.88 Å². The van der Waals surface area contributed by atoms with Gasteiger partial charge in [-0.15, -0.1) is 0 Å². The average Bonchev–Trinajstić information content (AvgIpc) is 3.41. The molecular formula is C26H29N5O3S. The van der Waals surface area contributed by atoms with Gasteiger partial charge in [0.05, 0.1) is 11.4 Å². The second-order valence-corrected chi connectivity index (χ2v) is 10.7. The van der Waals surface area contributed by atoms with Gasteiger partial charge in [-0.3, -0.25) is 9.52 Å². The van der Waals surface area contributed by atoms with Gasteiger partial charge in [-0.1, -0.05) is 30.3 Å². The Kier molecular flexibility index (Phi) is 6.70. The van der Waals surface area contributed by atoms with Crippen LogP contribution in [0.2, 0.25) is 0 Å². The predicted molar refractivity (Wildman–Crippen MR) is 139 cm³/mol. The lowest BCUT2D eigenvalue weighted by atomic mass is 10.1. The maximum Gasteiger partial charge on any atom is 0.258 e. The molecule has 35 heavy (non-hydrogen) atoms. The van der Waals surface area contributed by atoms with Gasteiger partial charge in [-0.25, -0.2) is 13.4 Å². The molecular weight excluding hydrogens is 462 g/mol. The number of nitrogens with one attached hydrogen (secondary N) is 2. The lowest BCUT2D eigenvalue weighted by Gasteiger charge is -2.30. The van der Waals surface area contributed by atoms with Crippen LogP contribution in [0.25, 0.3) is 11.1 Å². The van der Waals surface area contributed by atoms with Gasteiger partial charge in [-0.2, -0.15) is 0 Å². The molecule has 1 amide bonds. The van der Waals surface area contributed by atoms with Crippen molar-refractivity contribution in [2.75, 3.05) is 53.4 Å². The Balaban J connectivity index is 1.31. The fourth-order valence-electron chi connectivity index (χ4n) is 4.52. The first kappa shape index (κ1) is 23.3. The molecule has 2 N–H and O–H groups in total. The highest BCUT2D eigenvalue weighted by molar-refractivity contribution is 7.92. The van der Waals surface area contributed by atoms with Gasteiger partial charge >= 0.3 is 0 Å². The van der Waals surface area contributed by atoms with E-state index < -0.39 is 10.0 Å². The number of hydrogen-bond acceptors (Lipinski definition) is 6. The predicted octanol–water partition coefficient (Wildman–Crippen LogP) is 3.66. The molecule has 3 aromatic rings. The first-order valence-electron chi connectivity index (χ1n) is 11.9. The summed E-state index contributed by atoms with van der Waals surface area (Å²) in [6.45, 7) is 3.68. The van der Waals surface area contributed by atoms with Gasteiger partial charge in [0, 0.05) is 42.6 Å². The monoisotopic (exact) mass is 491 g/mol. The van der Waals surface area contributed by atoms with E-state index in [0.717, 1.165) is 42.7 Å². The number of benzene rings is 2. The number of carbonyl (C=O) groups excluding carboxylic acids is 1. The number of likely N-dealkylation sites (tertiary alicyclic amines) is 1. The minimum atomic E-state index is -3.41. The smallest absolute Gasteiger partial charge is 0.258 e. The molecule has 0 aliphatic carbocycles. The van der Waals surface area contributed by atoms with E-state index in [-0.39, 0.29) is 11.7 Å². The van der Waals surface area contributed by atoms with Crippen LogP contribution in [0.4, 0.5) is 17.2 Å². The Morgan fingerprint density at radius 1 is 0.971 bits per heavy atom. The first-order valence-corrected chi connectivity index (χ1v) is 13.6. The summed E-state index contributed by atoms with van der Waals surface area (Å²) in [4.78, 5) is 21.6. The zero-order valence-corrected chi connectivity index (χ0v) is 20.3. The fourth-order valence-corrected chi connectivity index (χ4v) is 5.62. The third-order valence-corrected chi connectivity index (χ3v) is 7.69. The average molecular weight is 492 g/mol. The van der Waals surface area contributed by atoms with Crippen molar-refractivity contribution in [1.29, 1.82) is 0 Å². The Hall–Kier alpha value is -3.43. The summed E-state index contributed by atoms with van der Waals surface area (Å²) in [5.41, 5.74) is 3.63. The summed E-state index contributed by atoms with van der Waals surface area (Å²) in [6, 6.07) is 18.4. The van der Waals surface area contributed by atoms with Gasteiger partial charge in [0.1, 0.15) is 5.82 Å². The van der Waals surface area contributed by atoms with Gasteiger partial charge in [0.25, 0.3) is 5.91 Å². The third-order valence-electron chi connectivity index (χ3n) is 6.42. The van der Waals surface area contributed by atoms with Crippen molar-refractivity contribution in [2.24, 2.45) is 0 Å². The lowest BCUT2D eigenvalue weighted by molar-refractivity contribution is 0.0987. The number of sulfonamides is 1. The van der Waals surface area contributed by atoms with Gasteiger partial charge < -0.3 is 15.1 Å². The lowest BCUT2D eigenvalue weighted by Crippen LogP contribution is -2.39. The summed E-state index contributed by atoms with van der Waals surface area (Å²) < 4.78 is 27.7. The van der Waals surface area contributed by atoms with Crippen LogP contribution >= 0.6 is 0 Å². The van der Waals surface area contributed by atoms with E-state index in [9.17, 15) is 13.2 Å². The second kappa shape index (κ2) is 10.1. The molecule has 1 aromatic heterocycles. The largest absolute Gasteiger partial charge is 0.367 e. The first-order chi connectivity index (χ1) is 17.0. The SMILES string of the molecule is O=C(c1ccccc1)N1CCNc2ncc(-c3ccc(NS(=O)(=O)CCN4CCCC4)cc3)cc21. The van der Waals surface area contributed by atoms with Crippen LogP contribution in [0.1, 0.15) is 23.2 Å². The maximum atomic E-state index is 13.1. The number of hydrogen-bond donors (Lipinski definition) is 2. The highest BCUT2D eigenvalue weighted by Gasteiger charge is 2.25. The van der Waals surface area contributed by atoms with Crippen molar-refractivity contribution in [3.63, 3.8) is 0 Å². The molecule has 0 atom stereocenters. The van der Waals surface area contributed by atoms with Crippen molar-refractivity contribution < 1.29 is 13.2 Å². The highest BCUT2D eigenvalue weighted by Crippen LogP contribution is 2.33. The van der Waals surface area contributed by atoms with Crippen LogP contribution in [0.3, 0.4) is 0 Å². The fraction of sp³-hybridized carbons (Fsp3) is 0.308. The minimum Gasteiger partial charge on any atom is -0.367 e. The van der Waals surface area contributed by atoms with Crippen molar-refractivity contribution in [3.8, 4) is 11.1 Å². The zero-order valence-electron chi connectivity index (χ0n) is 19.5. The van der Waals surface area contributed by atoms with Crippen LogP contribution < -0.4 is 14.9 Å². The van der Waals surface area contributed by atoms with Crippen LogP contribution in [-0.4, -0.2) is 62.7 Å². The third kappa shape index (κ3) is 5.47. The molecule has 5 rings (SSSR count). The summed E-state index contributed by atoms with van der Waals surface area (Å²) in [6.07, 6.45) is 4.04. The molecule has 2 aliphatic rings. The number of amides is 1. The molecule has 0 unspecified atom stereocenters. The van der Waals surface area contributed by atoms with E-state index in [4.69, 9.17) is 0 Å². The summed E-state index contributed by atoms with van der Waals surface area (Å²) >= 11 is 0. The van der Waals surface area contributed by atoms with Gasteiger partial charge in [0.15, 0.2) is 0 Å². The number of rotatable bonds is 7. The number of carbonyl (C=O) groups is 1. The summed E-state index contributed by atoms with van der Waals surface area (Å²) in [5, 5.41) is 3.26. The Morgan fingerprint density at radius 2 is 1.71 bits per heavy atom. The van der Waals surface area contributed by atoms with E-state index in [0.29, 0.717) is 36.7 Å². The number of nitrogens with zero attached hydrogens (tertiary/aromatic N) is 3. The second-order valence-electron chi connectivity index (χ2n) is 8.89. The molecule has 182 valence electrons. The normalized spacial score (nSPS) is 15.9. The Morgan fingerprint density at radius 3 is 2.46 bits per heavy atom. The summed E-state index contributed by atoms with van der Waals surface area (Å²) in [7, 11) is -3.41. The molecule has 9 heteroatoms. The quantitative estimate of drug-likeness (QED) is 0.524. The van der Waals surface area contributed by atoms with E-state index in [1.165, 1.54) is 0 Å². The van der Waals surface area contributed by atoms with Crippen molar-refractivity contribution in [3.05, 3.63) is 72.4 Å². The van der Waals surface area contributed by atoms with E-state index in [2.05, 4.69) is 19.9 Å². The molecule has 0 radical (unpaired) electrons. The summed E-state index contributed by atoms with van der Waals surface area (Å²) in [5.74, 6) is 0.694. The van der Waals surface area contributed by atoms with E-state index >= 15 is 0 Å². The molecule has 2 aliphatic heterocycles. The van der Waals surface area contributed by atoms with Crippen LogP contribution in [-0.2, 0) is 10.0 Å². The van der Waals surface area contributed by atoms with Crippen LogP contribution in [0, 0.1) is 0 Å². The van der Waals surface area contributed by atoms with Gasteiger partial charge in [0.2, 0.25) is 10.0 Å². The number of fused-ring (bicyclic) bond motifs is 1. The standard InChI is InChI=1S/C26H29N5O3S/c32-26(21-6-2-1-3-7-21)31-15-12-27-25-24(31)18-22(19-28-25)20-8-10-23(11-9-20)29-35(33,34)17-16-30-13-4-5-14-30/h1-3,6-11,18-19,29H,4-5,12-17H2,(H,27,28). The molecule has 8 nitrogen and oxygen atoms in total. The van der Waals surface area contributed by atoms with Gasteiger partial charge in [-0.05, 0) is 61.8 Å². The number of anilines is 3. The number of aromatic nitrogens is 1. The van der Waals surface area contributed by atoms with Crippen molar-refractivity contribution in [2.45, 2.75) is 12.8 Å². The topological polar surface area (TPSA) is 94.6 Å². The molecule has 1 saturated heterocycles. The molecule has 0 bridgehead atoms. The zero-order chi connectivity index (χ0) is 24.3. The van der Waals surface area contributed by atoms with Crippen LogP contribution in [0.15, 0.2) is 66.9 Å². The van der Waals surface area contributed by atoms with Crippen molar-refractivity contribution >= 4 is 33.1 Å². The highest BCUT2D eigenvalue weighted by atomic mass is 32.2. The Bertz CT molecular complexity index is 1290. The molecule has 3 heterocycles.